The zero-order valence-corrected chi connectivity index (χ0v) is 19.1. The van der Waals surface area contributed by atoms with E-state index in [1.54, 1.807) is 17.4 Å². The summed E-state index contributed by atoms with van der Waals surface area (Å²) in [4.78, 5) is 24.7. The van der Waals surface area contributed by atoms with Crippen molar-refractivity contribution in [1.29, 1.82) is 0 Å². The molecule has 0 unspecified atom stereocenters. The lowest BCUT2D eigenvalue weighted by Crippen LogP contribution is -2.14. The third-order valence-corrected chi connectivity index (χ3v) is 6.75. The van der Waals surface area contributed by atoms with E-state index in [9.17, 15) is 4.79 Å². The molecule has 158 valence electrons. The Hall–Kier alpha value is -3.13. The van der Waals surface area contributed by atoms with Crippen LogP contribution in [0.25, 0.3) is 32.9 Å². The molecule has 2 N–H and O–H groups in total. The average Bonchev–Trinajstić information content (AvgIpc) is 3.46. The maximum absolute atomic E-state index is 12.4. The summed E-state index contributed by atoms with van der Waals surface area (Å²) >= 11 is 8.97. The van der Waals surface area contributed by atoms with Gasteiger partial charge in [-0.2, -0.15) is 0 Å². The standard InChI is InChI=1S/C24H17ClN4OS2/c25-17-8-11-19-20(12-17)29-24(28-19)32-14-22(30)26-18-9-6-15(7-10-18)21-13-31-23(27-21)16-4-2-1-3-5-16/h1-13H,14H2,(H,26,30)(H,28,29). The molecule has 0 saturated heterocycles. The number of nitrogens with zero attached hydrogens (tertiary/aromatic N) is 2. The zero-order chi connectivity index (χ0) is 21.9. The highest BCUT2D eigenvalue weighted by molar-refractivity contribution is 7.99. The van der Waals surface area contributed by atoms with E-state index in [1.165, 1.54) is 11.8 Å². The van der Waals surface area contributed by atoms with Gasteiger partial charge in [-0.05, 0) is 30.3 Å². The maximum atomic E-state index is 12.4. The van der Waals surface area contributed by atoms with Crippen molar-refractivity contribution < 1.29 is 4.79 Å². The van der Waals surface area contributed by atoms with Gasteiger partial charge >= 0.3 is 0 Å². The Balaban J connectivity index is 1.20. The van der Waals surface area contributed by atoms with Gasteiger partial charge in [-0.15, -0.1) is 11.3 Å². The molecule has 0 aliphatic carbocycles. The van der Waals surface area contributed by atoms with Crippen molar-refractivity contribution in [3.05, 3.63) is 83.2 Å². The SMILES string of the molecule is O=C(CSc1nc2ccc(Cl)cc2[nH]1)Nc1ccc(-c2csc(-c3ccccc3)n2)cc1. The molecule has 0 saturated carbocycles. The average molecular weight is 477 g/mol. The number of halogens is 1. The van der Waals surface area contributed by atoms with Gasteiger partial charge in [0.15, 0.2) is 5.16 Å². The Morgan fingerprint density at radius 3 is 2.62 bits per heavy atom. The van der Waals surface area contributed by atoms with E-state index in [1.807, 2.05) is 60.0 Å². The van der Waals surface area contributed by atoms with Crippen LogP contribution in [0.5, 0.6) is 0 Å². The first kappa shape index (κ1) is 20.8. The number of anilines is 1. The fourth-order valence-electron chi connectivity index (χ4n) is 3.20. The summed E-state index contributed by atoms with van der Waals surface area (Å²) < 4.78 is 0. The third kappa shape index (κ3) is 4.70. The van der Waals surface area contributed by atoms with Crippen molar-refractivity contribution in [2.24, 2.45) is 0 Å². The van der Waals surface area contributed by atoms with Gasteiger partial charge in [0.05, 0.1) is 22.5 Å². The summed E-state index contributed by atoms with van der Waals surface area (Å²) in [6.07, 6.45) is 0. The minimum atomic E-state index is -0.0961. The number of aromatic nitrogens is 3. The Morgan fingerprint density at radius 1 is 1.00 bits per heavy atom. The van der Waals surface area contributed by atoms with Crippen LogP contribution in [0.15, 0.2) is 83.3 Å². The maximum Gasteiger partial charge on any atom is 0.234 e. The minimum Gasteiger partial charge on any atom is -0.333 e. The van der Waals surface area contributed by atoms with Gasteiger partial charge in [0.2, 0.25) is 5.91 Å². The molecule has 5 rings (SSSR count). The monoisotopic (exact) mass is 476 g/mol. The third-order valence-electron chi connectivity index (χ3n) is 4.75. The Morgan fingerprint density at radius 2 is 1.81 bits per heavy atom. The van der Waals surface area contributed by atoms with Gasteiger partial charge in [-0.3, -0.25) is 4.79 Å². The number of hydrogen-bond donors (Lipinski definition) is 2. The second kappa shape index (κ2) is 9.16. The van der Waals surface area contributed by atoms with Crippen LogP contribution in [-0.4, -0.2) is 26.6 Å². The number of hydrogen-bond acceptors (Lipinski definition) is 5. The molecule has 0 bridgehead atoms. The van der Waals surface area contributed by atoms with E-state index in [-0.39, 0.29) is 11.7 Å². The van der Waals surface area contributed by atoms with Crippen molar-refractivity contribution in [1.82, 2.24) is 15.0 Å². The minimum absolute atomic E-state index is 0.0961. The van der Waals surface area contributed by atoms with Crippen LogP contribution < -0.4 is 5.32 Å². The van der Waals surface area contributed by atoms with Gasteiger partial charge < -0.3 is 10.3 Å². The lowest BCUT2D eigenvalue weighted by Gasteiger charge is -2.05. The number of benzene rings is 3. The van der Waals surface area contributed by atoms with Crippen molar-refractivity contribution in [2.75, 3.05) is 11.1 Å². The number of thiazole rings is 1. The topological polar surface area (TPSA) is 70.7 Å². The van der Waals surface area contributed by atoms with E-state index < -0.39 is 0 Å². The molecule has 0 spiro atoms. The Labute approximate surface area is 197 Å². The highest BCUT2D eigenvalue weighted by Gasteiger charge is 2.10. The smallest absolute Gasteiger partial charge is 0.234 e. The van der Waals surface area contributed by atoms with Crippen molar-refractivity contribution in [3.8, 4) is 21.8 Å². The number of nitrogens with one attached hydrogen (secondary N) is 2. The number of aromatic amines is 1. The first-order chi connectivity index (χ1) is 15.6. The first-order valence-electron chi connectivity index (χ1n) is 9.83. The van der Waals surface area contributed by atoms with Crippen LogP contribution in [0.2, 0.25) is 5.02 Å². The quantitative estimate of drug-likeness (QED) is 0.266. The van der Waals surface area contributed by atoms with E-state index >= 15 is 0 Å². The molecule has 3 aromatic carbocycles. The summed E-state index contributed by atoms with van der Waals surface area (Å²) in [5.41, 5.74) is 5.47. The zero-order valence-electron chi connectivity index (χ0n) is 16.7. The van der Waals surface area contributed by atoms with Crippen LogP contribution in [-0.2, 0) is 4.79 Å². The van der Waals surface area contributed by atoms with E-state index in [2.05, 4.69) is 27.4 Å². The molecule has 5 aromatic rings. The Kier molecular flexibility index (Phi) is 5.94. The molecule has 0 fully saturated rings. The summed E-state index contributed by atoms with van der Waals surface area (Å²) in [6.45, 7) is 0. The normalized spacial score (nSPS) is 11.0. The number of H-pyrrole nitrogens is 1. The van der Waals surface area contributed by atoms with Crippen LogP contribution in [0.1, 0.15) is 0 Å². The number of fused-ring (bicyclic) bond motifs is 1. The largest absolute Gasteiger partial charge is 0.333 e. The number of rotatable bonds is 6. The molecule has 2 aromatic heterocycles. The van der Waals surface area contributed by atoms with E-state index in [4.69, 9.17) is 16.6 Å². The van der Waals surface area contributed by atoms with Crippen molar-refractivity contribution >= 4 is 57.3 Å². The molecule has 0 radical (unpaired) electrons. The number of thioether (sulfide) groups is 1. The van der Waals surface area contributed by atoms with Gasteiger partial charge in [-0.25, -0.2) is 9.97 Å². The fourth-order valence-corrected chi connectivity index (χ4v) is 4.89. The lowest BCUT2D eigenvalue weighted by atomic mass is 10.1. The highest BCUT2D eigenvalue weighted by atomic mass is 35.5. The molecule has 32 heavy (non-hydrogen) atoms. The molecule has 0 atom stereocenters. The van der Waals surface area contributed by atoms with Crippen LogP contribution in [0.4, 0.5) is 5.69 Å². The number of carbonyl (C=O) groups is 1. The summed E-state index contributed by atoms with van der Waals surface area (Å²) in [5.74, 6) is 0.156. The lowest BCUT2D eigenvalue weighted by molar-refractivity contribution is -0.113. The van der Waals surface area contributed by atoms with Crippen LogP contribution >= 0.6 is 34.7 Å². The molecular formula is C24H17ClN4OS2. The van der Waals surface area contributed by atoms with Gasteiger partial charge in [0.1, 0.15) is 5.01 Å². The van der Waals surface area contributed by atoms with Crippen molar-refractivity contribution in [3.63, 3.8) is 0 Å². The molecule has 5 nitrogen and oxygen atoms in total. The Bertz CT molecular complexity index is 1380. The summed E-state index contributed by atoms with van der Waals surface area (Å²) in [5, 5.41) is 7.29. The summed E-state index contributed by atoms with van der Waals surface area (Å²) in [7, 11) is 0. The highest BCUT2D eigenvalue weighted by Crippen LogP contribution is 2.29. The predicted molar refractivity (Wildman–Crippen MR) is 133 cm³/mol. The number of amides is 1. The van der Waals surface area contributed by atoms with Crippen LogP contribution in [0.3, 0.4) is 0 Å². The predicted octanol–water partition coefficient (Wildman–Crippen LogP) is 6.74. The molecule has 2 heterocycles. The van der Waals surface area contributed by atoms with Crippen LogP contribution in [0, 0.1) is 0 Å². The molecular weight excluding hydrogens is 460 g/mol. The molecule has 0 aliphatic rings. The summed E-state index contributed by atoms with van der Waals surface area (Å²) in [6, 6.07) is 23.3. The second-order valence-corrected chi connectivity index (χ2v) is 9.28. The first-order valence-corrected chi connectivity index (χ1v) is 12.1. The van der Waals surface area contributed by atoms with Gasteiger partial charge in [-0.1, -0.05) is 65.8 Å². The molecule has 0 aliphatic heterocycles. The van der Waals surface area contributed by atoms with Gasteiger partial charge in [0.25, 0.3) is 0 Å². The van der Waals surface area contributed by atoms with E-state index in [0.717, 1.165) is 38.5 Å². The molecule has 8 heteroatoms. The number of carbonyl (C=O) groups excluding carboxylic acids is 1. The van der Waals surface area contributed by atoms with E-state index in [0.29, 0.717) is 10.2 Å². The fraction of sp³-hybridized carbons (Fsp3) is 0.0417. The van der Waals surface area contributed by atoms with Crippen molar-refractivity contribution in [2.45, 2.75) is 5.16 Å². The van der Waals surface area contributed by atoms with Gasteiger partial charge in [0, 0.05) is 27.2 Å². The second-order valence-electron chi connectivity index (χ2n) is 7.02. The number of imidazole rings is 1. The molecule has 1 amide bonds.